The molecule has 2 fully saturated rings. The maximum Gasteiger partial charge on any atom is 0.324 e. The fraction of sp³-hybridized carbons (Fsp3) is 0.524. The molecule has 0 unspecified atom stereocenters. The van der Waals surface area contributed by atoms with Crippen molar-refractivity contribution in [3.63, 3.8) is 0 Å². The first-order valence-electron chi connectivity index (χ1n) is 19.9. The molecule has 1 aromatic carbocycles. The molecule has 0 spiro atoms. The molecular formula is C42H62N8O6S5. The lowest BCUT2D eigenvalue weighted by Crippen LogP contribution is -2.63. The number of hydrogen-bond acceptors (Lipinski definition) is 11. The van der Waals surface area contributed by atoms with Gasteiger partial charge in [-0.15, -0.1) is 11.3 Å². The van der Waals surface area contributed by atoms with Crippen LogP contribution in [0.15, 0.2) is 41.9 Å². The van der Waals surface area contributed by atoms with Gasteiger partial charge in [0, 0.05) is 92.2 Å². The second-order valence-corrected chi connectivity index (χ2v) is 17.2. The highest BCUT2D eigenvalue weighted by Gasteiger charge is 2.38. The highest BCUT2D eigenvalue weighted by Crippen LogP contribution is 2.42. The summed E-state index contributed by atoms with van der Waals surface area (Å²) < 4.78 is 14.2. The highest BCUT2D eigenvalue weighted by atomic mass is 32.1. The summed E-state index contributed by atoms with van der Waals surface area (Å²) in [7, 11) is 3.54. The number of aryl methyl sites for hydroxylation is 1. The van der Waals surface area contributed by atoms with E-state index in [9.17, 15) is 19.2 Å². The zero-order chi connectivity index (χ0) is 40.6. The Balaban J connectivity index is 0.00000248. The number of nitrogens with one attached hydrogen (secondary N) is 2. The molecule has 2 saturated heterocycles. The SMILES string of the molecule is CCn1c(-c2cccnc2[C@H](C)OC)c2c3cc(ccc31)-c1csc(n1)C[C@H](NC(=O)[C@@H]1CN(C(C)=O)CCN1C)C(=O)N1CCC[C@H](N1)C(=O)OCC(C)(C)C2.S.S.S.S. The minimum atomic E-state index is -0.976. The van der Waals surface area contributed by atoms with Gasteiger partial charge in [0.25, 0.3) is 5.91 Å². The Hall–Kier alpha value is -3.30. The largest absolute Gasteiger partial charge is 0.464 e. The molecule has 0 radical (unpaired) electrons. The van der Waals surface area contributed by atoms with E-state index in [4.69, 9.17) is 19.4 Å². The Bertz CT molecular complexity index is 2180. The van der Waals surface area contributed by atoms with Gasteiger partial charge in [0.2, 0.25) is 11.8 Å². The molecule has 4 aromatic rings. The highest BCUT2D eigenvalue weighted by molar-refractivity contribution is 7.59. The number of aromatic nitrogens is 3. The van der Waals surface area contributed by atoms with Crippen LogP contribution in [0.5, 0.6) is 0 Å². The molecule has 7 rings (SSSR count). The van der Waals surface area contributed by atoms with Crippen molar-refractivity contribution < 1.29 is 28.7 Å². The van der Waals surface area contributed by atoms with E-state index in [-0.39, 0.29) is 97.4 Å². The number of hydrazine groups is 1. The van der Waals surface area contributed by atoms with Gasteiger partial charge in [0.1, 0.15) is 18.1 Å². The third-order valence-corrected chi connectivity index (χ3v) is 12.4. The molecule has 6 heterocycles. The van der Waals surface area contributed by atoms with Gasteiger partial charge in [-0.05, 0) is 70.0 Å². The van der Waals surface area contributed by atoms with Crippen molar-refractivity contribution in [1.82, 2.24) is 40.1 Å². The Kier molecular flexibility index (Phi) is 18.7. The number of amides is 3. The predicted octanol–water partition coefficient (Wildman–Crippen LogP) is 4.82. The molecule has 4 atom stereocenters. The molecule has 6 bridgehead atoms. The first kappa shape index (κ1) is 52.0. The summed E-state index contributed by atoms with van der Waals surface area (Å²) in [5, 5.41) is 8.22. The molecule has 0 saturated carbocycles. The van der Waals surface area contributed by atoms with E-state index in [0.29, 0.717) is 50.4 Å². The molecule has 14 nitrogen and oxygen atoms in total. The van der Waals surface area contributed by atoms with E-state index in [2.05, 4.69) is 60.3 Å². The van der Waals surface area contributed by atoms with Crippen molar-refractivity contribution in [2.75, 3.05) is 46.9 Å². The number of esters is 1. The van der Waals surface area contributed by atoms with E-state index in [0.717, 1.165) is 44.7 Å². The van der Waals surface area contributed by atoms with Gasteiger partial charge in [-0.25, -0.2) is 10.4 Å². The fourth-order valence-corrected chi connectivity index (χ4v) is 9.13. The maximum atomic E-state index is 14.3. The Labute approximate surface area is 390 Å². The third kappa shape index (κ3) is 11.1. The lowest BCUT2D eigenvalue weighted by atomic mass is 9.84. The average molecular weight is 935 g/mol. The number of cyclic esters (lactones) is 1. The van der Waals surface area contributed by atoms with Crippen LogP contribution in [0, 0.1) is 5.41 Å². The first-order valence-corrected chi connectivity index (χ1v) is 20.7. The van der Waals surface area contributed by atoms with E-state index in [1.165, 1.54) is 23.3 Å². The number of ether oxygens (including phenoxy) is 2. The van der Waals surface area contributed by atoms with Crippen LogP contribution in [0.25, 0.3) is 33.4 Å². The number of carbonyl (C=O) groups is 4. The smallest absolute Gasteiger partial charge is 0.324 e. The van der Waals surface area contributed by atoms with Gasteiger partial charge >= 0.3 is 5.97 Å². The Morgan fingerprint density at radius 1 is 1.11 bits per heavy atom. The van der Waals surface area contributed by atoms with Crippen LogP contribution >= 0.6 is 65.3 Å². The molecule has 336 valence electrons. The van der Waals surface area contributed by atoms with Crippen molar-refractivity contribution in [2.45, 2.75) is 91.1 Å². The molecule has 61 heavy (non-hydrogen) atoms. The van der Waals surface area contributed by atoms with E-state index < -0.39 is 29.5 Å². The van der Waals surface area contributed by atoms with Crippen molar-refractivity contribution in [1.29, 1.82) is 0 Å². The van der Waals surface area contributed by atoms with Crippen LogP contribution in [-0.4, -0.2) is 118 Å². The third-order valence-electron chi connectivity index (χ3n) is 11.6. The zero-order valence-corrected chi connectivity index (χ0v) is 40.8. The first-order chi connectivity index (χ1) is 27.3. The summed E-state index contributed by atoms with van der Waals surface area (Å²) in [6.07, 6.45) is 3.39. The summed E-state index contributed by atoms with van der Waals surface area (Å²) in [5.74, 6) is -1.24. The number of methoxy groups -OCH3 is 1. The van der Waals surface area contributed by atoms with Crippen LogP contribution < -0.4 is 10.7 Å². The van der Waals surface area contributed by atoms with Crippen molar-refractivity contribution in [3.05, 3.63) is 58.2 Å². The van der Waals surface area contributed by atoms with Gasteiger partial charge < -0.3 is 24.3 Å². The predicted molar refractivity (Wildman–Crippen MR) is 260 cm³/mol. The van der Waals surface area contributed by atoms with Gasteiger partial charge in [-0.2, -0.15) is 54.0 Å². The molecule has 2 N–H and O–H groups in total. The molecule has 19 heteroatoms. The topological polar surface area (TPSA) is 151 Å². The van der Waals surface area contributed by atoms with Crippen molar-refractivity contribution in [3.8, 4) is 22.5 Å². The normalized spacial score (nSPS) is 21.1. The number of carbonyl (C=O) groups excluding carboxylic acids is 4. The van der Waals surface area contributed by atoms with Crippen LogP contribution in [0.3, 0.4) is 0 Å². The molecule has 3 aliphatic heterocycles. The summed E-state index contributed by atoms with van der Waals surface area (Å²) in [6, 6.07) is 8.12. The van der Waals surface area contributed by atoms with Gasteiger partial charge in [0.05, 0.1) is 34.8 Å². The lowest BCUT2D eigenvalue weighted by Gasteiger charge is -2.39. The summed E-state index contributed by atoms with van der Waals surface area (Å²) >= 11 is 1.44. The maximum absolute atomic E-state index is 14.3. The van der Waals surface area contributed by atoms with Crippen molar-refractivity contribution >= 4 is 99.9 Å². The summed E-state index contributed by atoms with van der Waals surface area (Å²) in [6.45, 7) is 12.4. The van der Waals surface area contributed by atoms with E-state index in [1.807, 2.05) is 30.3 Å². The van der Waals surface area contributed by atoms with E-state index in [1.54, 1.807) is 18.2 Å². The van der Waals surface area contributed by atoms with Crippen molar-refractivity contribution in [2.24, 2.45) is 5.41 Å². The van der Waals surface area contributed by atoms with Crippen LogP contribution in [0.1, 0.15) is 69.8 Å². The fourth-order valence-electron chi connectivity index (χ4n) is 8.27. The van der Waals surface area contributed by atoms with Gasteiger partial charge in [-0.3, -0.25) is 34.1 Å². The Morgan fingerprint density at radius 2 is 1.87 bits per heavy atom. The zero-order valence-electron chi connectivity index (χ0n) is 36.0. The number of rotatable bonds is 6. The monoisotopic (exact) mass is 934 g/mol. The van der Waals surface area contributed by atoms with Crippen LogP contribution in [-0.2, 0) is 48.0 Å². The molecule has 3 amide bonds. The molecule has 3 aliphatic rings. The minimum absolute atomic E-state index is 0. The van der Waals surface area contributed by atoms with Gasteiger partial charge in [-0.1, -0.05) is 19.9 Å². The quantitative estimate of drug-likeness (QED) is 0.258. The number of benzene rings is 1. The number of nitrogens with zero attached hydrogens (tertiary/aromatic N) is 6. The standard InChI is InChI=1S/C42H54N8O6S.4H2S/c1-8-49-34-14-13-27-19-29(34)30(38(49)28-11-9-15-43-37(28)25(2)55-7)21-42(4,5)24-56-41(54)31-12-10-16-50(46-31)40(53)32(20-36-44-33(27)23-57-36)45-39(52)35-22-48(26(3)51)18-17-47(35)6;;;;/h9,11,13-15,19,23,25,31-32,35,46H,8,10,12,16-18,20-22,24H2,1-7H3,(H,45,52);4*1H2/t25-,31-,32-,35-;;;;/m0..../s1. The minimum Gasteiger partial charge on any atom is -0.464 e. The Morgan fingerprint density at radius 3 is 2.57 bits per heavy atom. The second kappa shape index (κ2) is 21.9. The number of fused-ring (bicyclic) bond motifs is 6. The summed E-state index contributed by atoms with van der Waals surface area (Å²) in [5.41, 5.74) is 9.44. The summed E-state index contributed by atoms with van der Waals surface area (Å²) in [4.78, 5) is 67.6. The molecular weight excluding hydrogens is 873 g/mol. The molecule has 0 aliphatic carbocycles. The second-order valence-electron chi connectivity index (χ2n) is 16.2. The molecule has 3 aromatic heterocycles. The number of thiazole rings is 1. The number of likely N-dealkylation sites (N-methyl/N-ethyl adjacent to an activating group) is 1. The van der Waals surface area contributed by atoms with E-state index >= 15 is 0 Å². The number of pyridine rings is 1. The van der Waals surface area contributed by atoms with Crippen LogP contribution in [0.2, 0.25) is 0 Å². The van der Waals surface area contributed by atoms with Gasteiger partial charge in [0.15, 0.2) is 0 Å². The lowest BCUT2D eigenvalue weighted by molar-refractivity contribution is -0.155. The number of piperazine rings is 1. The van der Waals surface area contributed by atoms with Crippen LogP contribution in [0.4, 0.5) is 0 Å². The average Bonchev–Trinajstić information content (AvgIpc) is 3.80. The number of hydrogen-bond donors (Lipinski definition) is 2.